The maximum absolute atomic E-state index is 11.7. The van der Waals surface area contributed by atoms with Gasteiger partial charge < -0.3 is 15.4 Å². The number of rotatable bonds is 7. The summed E-state index contributed by atoms with van der Waals surface area (Å²) in [4.78, 5) is 11.7. The Hall–Kier alpha value is -1.55. The van der Waals surface area contributed by atoms with Crippen molar-refractivity contribution in [1.82, 2.24) is 10.6 Å². The van der Waals surface area contributed by atoms with E-state index >= 15 is 0 Å². The second-order valence-corrected chi connectivity index (χ2v) is 6.34. The molecule has 0 saturated heterocycles. The first-order valence-corrected chi connectivity index (χ1v) is 7.87. The summed E-state index contributed by atoms with van der Waals surface area (Å²) in [5, 5.41) is 6.46. The van der Waals surface area contributed by atoms with E-state index in [1.807, 2.05) is 13.8 Å². The second kappa shape index (κ2) is 6.06. The minimum Gasteiger partial charge on any atom is -0.483 e. The quantitative estimate of drug-likeness (QED) is 0.809. The van der Waals surface area contributed by atoms with Gasteiger partial charge in [0, 0.05) is 18.6 Å². The van der Waals surface area contributed by atoms with Gasteiger partial charge in [-0.15, -0.1) is 0 Å². The van der Waals surface area contributed by atoms with Gasteiger partial charge in [0.15, 0.2) is 6.61 Å². The topological polar surface area (TPSA) is 50.4 Å². The normalized spacial score (nSPS) is 17.6. The van der Waals surface area contributed by atoms with Crippen LogP contribution in [0.1, 0.15) is 42.4 Å². The van der Waals surface area contributed by atoms with Crippen molar-refractivity contribution in [2.45, 2.75) is 58.2 Å². The lowest BCUT2D eigenvalue weighted by Gasteiger charge is -2.14. The van der Waals surface area contributed by atoms with Crippen LogP contribution < -0.4 is 15.4 Å². The van der Waals surface area contributed by atoms with Crippen LogP contribution >= 0.6 is 0 Å². The molecular weight excluding hydrogens is 264 g/mol. The van der Waals surface area contributed by atoms with Crippen LogP contribution in [0.4, 0.5) is 0 Å². The lowest BCUT2D eigenvalue weighted by atomic mass is 10.1. The Morgan fingerprint density at radius 3 is 2.33 bits per heavy atom. The molecule has 0 radical (unpaired) electrons. The number of carbonyl (C=O) groups is 1. The van der Waals surface area contributed by atoms with Crippen LogP contribution in [0.3, 0.4) is 0 Å². The van der Waals surface area contributed by atoms with Crippen molar-refractivity contribution in [2.24, 2.45) is 0 Å². The number of hydrogen-bond donors (Lipinski definition) is 2. The van der Waals surface area contributed by atoms with Crippen LogP contribution in [-0.4, -0.2) is 24.6 Å². The van der Waals surface area contributed by atoms with Gasteiger partial charge in [0.05, 0.1) is 0 Å². The van der Waals surface area contributed by atoms with Crippen molar-refractivity contribution in [2.75, 3.05) is 6.61 Å². The lowest BCUT2D eigenvalue weighted by Crippen LogP contribution is -2.30. The molecule has 21 heavy (non-hydrogen) atoms. The minimum atomic E-state index is -0.0178. The predicted molar refractivity (Wildman–Crippen MR) is 82.4 cm³/mol. The molecular formula is C17H24N2O2. The summed E-state index contributed by atoms with van der Waals surface area (Å²) in [6.45, 7) is 5.11. The molecule has 0 atom stereocenters. The monoisotopic (exact) mass is 288 g/mol. The van der Waals surface area contributed by atoms with Crippen LogP contribution in [0.15, 0.2) is 12.1 Å². The third-order valence-electron chi connectivity index (χ3n) is 3.98. The van der Waals surface area contributed by atoms with E-state index in [1.165, 1.54) is 18.4 Å². The molecule has 0 aromatic heterocycles. The number of amides is 1. The third-order valence-corrected chi connectivity index (χ3v) is 3.98. The molecule has 0 unspecified atom stereocenters. The summed E-state index contributed by atoms with van der Waals surface area (Å²) in [5.41, 5.74) is 3.48. The summed E-state index contributed by atoms with van der Waals surface area (Å²) in [7, 11) is 0. The summed E-state index contributed by atoms with van der Waals surface area (Å²) >= 11 is 0. The van der Waals surface area contributed by atoms with E-state index in [2.05, 4.69) is 22.8 Å². The molecule has 3 rings (SSSR count). The number of carbonyl (C=O) groups excluding carboxylic acids is 1. The Balaban J connectivity index is 1.56. The molecule has 114 valence electrons. The van der Waals surface area contributed by atoms with Crippen LogP contribution in [-0.2, 0) is 11.3 Å². The Labute approximate surface area is 126 Å². The van der Waals surface area contributed by atoms with Crippen LogP contribution in [0.2, 0.25) is 0 Å². The summed E-state index contributed by atoms with van der Waals surface area (Å²) < 4.78 is 5.72. The number of hydrogen-bond acceptors (Lipinski definition) is 3. The van der Waals surface area contributed by atoms with Crippen molar-refractivity contribution >= 4 is 5.91 Å². The largest absolute Gasteiger partial charge is 0.483 e. The molecule has 2 fully saturated rings. The minimum absolute atomic E-state index is 0.0178. The first-order chi connectivity index (χ1) is 10.1. The molecule has 0 aliphatic heterocycles. The average molecular weight is 288 g/mol. The van der Waals surface area contributed by atoms with Gasteiger partial charge in [-0.2, -0.15) is 0 Å². The van der Waals surface area contributed by atoms with Gasteiger partial charge in [-0.05, 0) is 56.2 Å². The fourth-order valence-electron chi connectivity index (χ4n) is 2.55. The van der Waals surface area contributed by atoms with Gasteiger partial charge in [-0.25, -0.2) is 0 Å². The lowest BCUT2D eigenvalue weighted by molar-refractivity contribution is -0.123. The number of nitrogens with one attached hydrogen (secondary N) is 2. The van der Waals surface area contributed by atoms with E-state index in [4.69, 9.17) is 4.74 Å². The molecule has 2 saturated carbocycles. The van der Waals surface area contributed by atoms with E-state index in [0.717, 1.165) is 36.3 Å². The molecule has 1 aromatic carbocycles. The van der Waals surface area contributed by atoms with Crippen LogP contribution in [0.25, 0.3) is 0 Å². The van der Waals surface area contributed by atoms with Gasteiger partial charge in [-0.3, -0.25) is 4.79 Å². The SMILES string of the molecule is Cc1cc(CNC2CC2)cc(C)c1OCC(=O)NC1CC1. The first kappa shape index (κ1) is 14.4. The highest BCUT2D eigenvalue weighted by atomic mass is 16.5. The number of aryl methyl sites for hydroxylation is 2. The van der Waals surface area contributed by atoms with E-state index in [1.54, 1.807) is 0 Å². The van der Waals surface area contributed by atoms with Crippen LogP contribution in [0.5, 0.6) is 5.75 Å². The van der Waals surface area contributed by atoms with Gasteiger partial charge in [-0.1, -0.05) is 12.1 Å². The summed E-state index contributed by atoms with van der Waals surface area (Å²) in [6, 6.07) is 5.40. The standard InChI is InChI=1S/C17H24N2O2/c1-11-7-13(9-18-14-3-4-14)8-12(2)17(11)21-10-16(20)19-15-5-6-15/h7-8,14-15,18H,3-6,9-10H2,1-2H3,(H,19,20). The van der Waals surface area contributed by atoms with E-state index < -0.39 is 0 Å². The molecule has 1 amide bonds. The second-order valence-electron chi connectivity index (χ2n) is 6.34. The molecule has 0 bridgehead atoms. The Morgan fingerprint density at radius 1 is 1.14 bits per heavy atom. The molecule has 1 aromatic rings. The van der Waals surface area contributed by atoms with E-state index in [9.17, 15) is 4.79 Å². The Morgan fingerprint density at radius 2 is 1.76 bits per heavy atom. The van der Waals surface area contributed by atoms with Crippen molar-refractivity contribution in [1.29, 1.82) is 0 Å². The smallest absolute Gasteiger partial charge is 0.258 e. The molecule has 0 spiro atoms. The van der Waals surface area contributed by atoms with Crippen molar-refractivity contribution in [3.63, 3.8) is 0 Å². The van der Waals surface area contributed by atoms with Crippen molar-refractivity contribution < 1.29 is 9.53 Å². The van der Waals surface area contributed by atoms with Crippen molar-refractivity contribution in [3.8, 4) is 5.75 Å². The zero-order valence-corrected chi connectivity index (χ0v) is 12.9. The fraction of sp³-hybridized carbons (Fsp3) is 0.588. The van der Waals surface area contributed by atoms with Crippen LogP contribution in [0, 0.1) is 13.8 Å². The first-order valence-electron chi connectivity index (χ1n) is 7.87. The maximum Gasteiger partial charge on any atom is 0.258 e. The zero-order chi connectivity index (χ0) is 14.8. The Kier molecular flexibility index (Phi) is 4.15. The number of benzene rings is 1. The maximum atomic E-state index is 11.7. The van der Waals surface area contributed by atoms with Gasteiger partial charge in [0.1, 0.15) is 5.75 Å². The Bertz CT molecular complexity index is 511. The highest BCUT2D eigenvalue weighted by molar-refractivity contribution is 5.78. The van der Waals surface area contributed by atoms with Gasteiger partial charge >= 0.3 is 0 Å². The zero-order valence-electron chi connectivity index (χ0n) is 12.9. The van der Waals surface area contributed by atoms with Gasteiger partial charge in [0.25, 0.3) is 5.91 Å². The highest BCUT2D eigenvalue weighted by Crippen LogP contribution is 2.26. The third kappa shape index (κ3) is 4.21. The summed E-state index contributed by atoms with van der Waals surface area (Å²) in [6.07, 6.45) is 4.81. The fourth-order valence-corrected chi connectivity index (χ4v) is 2.55. The van der Waals surface area contributed by atoms with Gasteiger partial charge in [0.2, 0.25) is 0 Å². The molecule has 4 nitrogen and oxygen atoms in total. The highest BCUT2D eigenvalue weighted by Gasteiger charge is 2.23. The predicted octanol–water partition coefficient (Wildman–Crippen LogP) is 2.21. The number of ether oxygens (including phenoxy) is 1. The summed E-state index contributed by atoms with van der Waals surface area (Å²) in [5.74, 6) is 0.826. The van der Waals surface area contributed by atoms with E-state index in [0.29, 0.717) is 12.1 Å². The molecule has 0 heterocycles. The molecule has 2 aliphatic carbocycles. The van der Waals surface area contributed by atoms with Crippen molar-refractivity contribution in [3.05, 3.63) is 28.8 Å². The molecule has 4 heteroatoms. The molecule has 2 N–H and O–H groups in total. The van der Waals surface area contributed by atoms with E-state index in [-0.39, 0.29) is 12.5 Å². The average Bonchev–Trinajstić information content (AvgIpc) is 3.30. The molecule has 2 aliphatic rings.